The Bertz CT molecular complexity index is 775. The van der Waals surface area contributed by atoms with Crippen LogP contribution in [0.1, 0.15) is 22.3 Å². The van der Waals surface area contributed by atoms with Crippen molar-refractivity contribution >= 4 is 46.8 Å². The second-order valence-corrected chi connectivity index (χ2v) is 7.50. The first kappa shape index (κ1) is 21.6. The lowest BCUT2D eigenvalue weighted by molar-refractivity contribution is -0.136. The Balaban J connectivity index is 1.96. The van der Waals surface area contributed by atoms with Gasteiger partial charge in [0.15, 0.2) is 0 Å². The molecule has 1 unspecified atom stereocenters. The van der Waals surface area contributed by atoms with E-state index in [1.807, 2.05) is 36.6 Å². The van der Waals surface area contributed by atoms with E-state index in [0.29, 0.717) is 17.2 Å². The normalized spacial score (nSPS) is 11.7. The van der Waals surface area contributed by atoms with Crippen LogP contribution >= 0.6 is 35.0 Å². The molecule has 2 aromatic rings. The minimum Gasteiger partial charge on any atom is -0.340 e. The monoisotopic (exact) mass is 426 g/mol. The van der Waals surface area contributed by atoms with E-state index in [2.05, 4.69) is 10.8 Å². The summed E-state index contributed by atoms with van der Waals surface area (Å²) in [7, 11) is 0. The molecule has 0 radical (unpaired) electrons. The van der Waals surface area contributed by atoms with Gasteiger partial charge < -0.3 is 5.32 Å². The fourth-order valence-electron chi connectivity index (χ4n) is 2.25. The molecule has 0 saturated carbocycles. The van der Waals surface area contributed by atoms with Gasteiger partial charge in [-0.2, -0.15) is 11.8 Å². The topological polar surface area (TPSA) is 67.4 Å². The molecule has 27 heavy (non-hydrogen) atoms. The van der Waals surface area contributed by atoms with E-state index in [0.717, 1.165) is 5.56 Å². The highest BCUT2D eigenvalue weighted by atomic mass is 35.5. The molecule has 8 heteroatoms. The average Bonchev–Trinajstić information content (AvgIpc) is 2.65. The maximum Gasteiger partial charge on any atom is 0.266 e. The number of amides is 2. The Hall–Kier alpha value is -1.73. The van der Waals surface area contributed by atoms with Crippen LogP contribution in [0.2, 0.25) is 10.0 Å². The zero-order valence-corrected chi connectivity index (χ0v) is 17.0. The molecule has 2 amide bonds. The zero-order valence-electron chi connectivity index (χ0n) is 14.7. The Morgan fingerprint density at radius 2 is 1.89 bits per heavy atom. The van der Waals surface area contributed by atoms with E-state index >= 15 is 0 Å². The smallest absolute Gasteiger partial charge is 0.266 e. The molecule has 0 aliphatic heterocycles. The molecule has 0 heterocycles. The summed E-state index contributed by atoms with van der Waals surface area (Å²) in [4.78, 5) is 30.2. The predicted octanol–water partition coefficient (Wildman–Crippen LogP) is 4.09. The Morgan fingerprint density at radius 3 is 2.56 bits per heavy atom. The first-order valence-electron chi connectivity index (χ1n) is 8.21. The van der Waals surface area contributed by atoms with Crippen LogP contribution in [-0.2, 0) is 16.2 Å². The molecule has 0 fully saturated rings. The lowest BCUT2D eigenvalue weighted by Gasteiger charge is -2.18. The number of hydrogen-bond acceptors (Lipinski definition) is 4. The molecule has 144 valence electrons. The lowest BCUT2D eigenvalue weighted by atomic mass is 10.1. The van der Waals surface area contributed by atoms with Gasteiger partial charge in [-0.1, -0.05) is 53.5 Å². The van der Waals surface area contributed by atoms with Crippen molar-refractivity contribution in [2.75, 3.05) is 12.0 Å². The highest BCUT2D eigenvalue weighted by Crippen LogP contribution is 2.21. The molecule has 0 aliphatic rings. The summed E-state index contributed by atoms with van der Waals surface area (Å²) in [6.07, 6.45) is 2.39. The van der Waals surface area contributed by atoms with E-state index in [9.17, 15) is 9.59 Å². The molecule has 0 aromatic heterocycles. The van der Waals surface area contributed by atoms with Gasteiger partial charge >= 0.3 is 0 Å². The first-order chi connectivity index (χ1) is 13.0. The Labute approximate surface area is 172 Å². The van der Waals surface area contributed by atoms with Crippen molar-refractivity contribution in [3.8, 4) is 0 Å². The number of hydrogen-bond donors (Lipinski definition) is 2. The summed E-state index contributed by atoms with van der Waals surface area (Å²) in [6.45, 7) is 0.235. The minimum absolute atomic E-state index is 0.226. The zero-order chi connectivity index (χ0) is 19.6. The Morgan fingerprint density at radius 1 is 1.15 bits per heavy atom. The van der Waals surface area contributed by atoms with Crippen LogP contribution in [0.25, 0.3) is 0 Å². The largest absolute Gasteiger partial charge is 0.340 e. The van der Waals surface area contributed by atoms with Crippen LogP contribution in [-0.4, -0.2) is 29.9 Å². The number of hydroxylamine groups is 1. The van der Waals surface area contributed by atoms with E-state index in [1.54, 1.807) is 17.8 Å². The van der Waals surface area contributed by atoms with Gasteiger partial charge in [-0.15, -0.1) is 0 Å². The van der Waals surface area contributed by atoms with E-state index in [-0.39, 0.29) is 17.2 Å². The van der Waals surface area contributed by atoms with Gasteiger partial charge in [0, 0.05) is 5.02 Å². The van der Waals surface area contributed by atoms with E-state index in [4.69, 9.17) is 28.0 Å². The summed E-state index contributed by atoms with van der Waals surface area (Å²) in [6, 6.07) is 13.3. The van der Waals surface area contributed by atoms with Crippen molar-refractivity contribution < 1.29 is 14.4 Å². The molecule has 5 nitrogen and oxygen atoms in total. The summed E-state index contributed by atoms with van der Waals surface area (Å²) < 4.78 is 0. The average molecular weight is 427 g/mol. The number of benzene rings is 2. The maximum absolute atomic E-state index is 12.5. The molecular formula is C19H20Cl2N2O3S. The fourth-order valence-corrected chi connectivity index (χ4v) is 3.22. The van der Waals surface area contributed by atoms with Gasteiger partial charge in [-0.25, -0.2) is 5.48 Å². The van der Waals surface area contributed by atoms with Crippen LogP contribution in [0.15, 0.2) is 48.5 Å². The Kier molecular flexibility index (Phi) is 8.94. The number of thioether (sulfide) groups is 1. The predicted molar refractivity (Wildman–Crippen MR) is 110 cm³/mol. The van der Waals surface area contributed by atoms with Gasteiger partial charge in [0.25, 0.3) is 11.8 Å². The van der Waals surface area contributed by atoms with Crippen molar-refractivity contribution in [2.45, 2.75) is 19.1 Å². The van der Waals surface area contributed by atoms with Crippen molar-refractivity contribution in [3.63, 3.8) is 0 Å². The molecule has 2 N–H and O–H groups in total. The molecule has 0 spiro atoms. The molecule has 1 atom stereocenters. The maximum atomic E-state index is 12.5. The highest BCUT2D eigenvalue weighted by molar-refractivity contribution is 7.98. The van der Waals surface area contributed by atoms with Gasteiger partial charge in [0.05, 0.1) is 17.2 Å². The standard InChI is InChI=1S/C19H20Cl2N2O3S/c1-27-10-9-17(19(25)23-26-12-13-5-3-2-4-6-13)22-18(24)15-8-7-14(20)11-16(15)21/h2-8,11,17H,9-10,12H2,1H3,(H,22,24)(H,23,25). The number of carbonyl (C=O) groups is 2. The molecule has 2 rings (SSSR count). The second kappa shape index (κ2) is 11.2. The third kappa shape index (κ3) is 7.07. The number of halogens is 2. The number of nitrogens with one attached hydrogen (secondary N) is 2. The lowest BCUT2D eigenvalue weighted by Crippen LogP contribution is -2.47. The molecule has 2 aromatic carbocycles. The van der Waals surface area contributed by atoms with Crippen molar-refractivity contribution in [2.24, 2.45) is 0 Å². The van der Waals surface area contributed by atoms with Gasteiger partial charge in [-0.3, -0.25) is 14.4 Å². The van der Waals surface area contributed by atoms with E-state index < -0.39 is 17.9 Å². The first-order valence-corrected chi connectivity index (χ1v) is 10.4. The summed E-state index contributed by atoms with van der Waals surface area (Å²) >= 11 is 13.5. The summed E-state index contributed by atoms with van der Waals surface area (Å²) in [5.41, 5.74) is 3.59. The number of carbonyl (C=O) groups excluding carboxylic acids is 2. The van der Waals surface area contributed by atoms with Gasteiger partial charge in [0.2, 0.25) is 0 Å². The minimum atomic E-state index is -0.743. The summed E-state index contributed by atoms with van der Waals surface area (Å²) in [5, 5.41) is 3.36. The molecule has 0 aliphatic carbocycles. The molecular weight excluding hydrogens is 407 g/mol. The number of rotatable bonds is 9. The molecule has 0 bridgehead atoms. The van der Waals surface area contributed by atoms with Crippen LogP contribution in [0.3, 0.4) is 0 Å². The van der Waals surface area contributed by atoms with Crippen LogP contribution in [0.4, 0.5) is 0 Å². The highest BCUT2D eigenvalue weighted by Gasteiger charge is 2.22. The summed E-state index contributed by atoms with van der Waals surface area (Å²) in [5.74, 6) is -0.162. The van der Waals surface area contributed by atoms with Crippen molar-refractivity contribution in [1.29, 1.82) is 0 Å². The molecule has 0 saturated heterocycles. The van der Waals surface area contributed by atoms with Crippen molar-refractivity contribution in [1.82, 2.24) is 10.8 Å². The third-order valence-electron chi connectivity index (χ3n) is 3.66. The van der Waals surface area contributed by atoms with Crippen molar-refractivity contribution in [3.05, 3.63) is 69.7 Å². The van der Waals surface area contributed by atoms with Gasteiger partial charge in [-0.05, 0) is 42.2 Å². The third-order valence-corrected chi connectivity index (χ3v) is 4.85. The SMILES string of the molecule is CSCCC(NC(=O)c1ccc(Cl)cc1Cl)C(=O)NOCc1ccccc1. The van der Waals surface area contributed by atoms with Crippen LogP contribution in [0.5, 0.6) is 0 Å². The van der Waals surface area contributed by atoms with Gasteiger partial charge in [0.1, 0.15) is 6.04 Å². The van der Waals surface area contributed by atoms with Crippen LogP contribution in [0, 0.1) is 0 Å². The quantitative estimate of drug-likeness (QED) is 0.592. The fraction of sp³-hybridized carbons (Fsp3) is 0.263. The van der Waals surface area contributed by atoms with Crippen LogP contribution < -0.4 is 10.8 Å². The second-order valence-electron chi connectivity index (χ2n) is 5.67. The van der Waals surface area contributed by atoms with E-state index in [1.165, 1.54) is 12.1 Å².